The van der Waals surface area contributed by atoms with Crippen LogP contribution in [0.3, 0.4) is 0 Å². The average molecular weight is 508 g/mol. The van der Waals surface area contributed by atoms with Gasteiger partial charge in [-0.1, -0.05) is 6.07 Å². The molecule has 1 aliphatic rings. The Labute approximate surface area is 214 Å². The molecule has 1 aliphatic carbocycles. The van der Waals surface area contributed by atoms with Crippen LogP contribution in [0.4, 0.5) is 0 Å². The molecule has 0 saturated heterocycles. The Bertz CT molecular complexity index is 982. The molecule has 2 aromatic carbocycles. The van der Waals surface area contributed by atoms with E-state index in [0.29, 0.717) is 17.9 Å². The van der Waals surface area contributed by atoms with Gasteiger partial charge in [-0.05, 0) is 92.6 Å². The summed E-state index contributed by atoms with van der Waals surface area (Å²) in [6.07, 6.45) is 3.97. The number of aryl methyl sites for hydroxylation is 1. The van der Waals surface area contributed by atoms with E-state index < -0.39 is 5.97 Å². The van der Waals surface area contributed by atoms with Crippen LogP contribution < -0.4 is 18.9 Å². The van der Waals surface area contributed by atoms with Gasteiger partial charge in [0.05, 0.1) is 34.4 Å². The summed E-state index contributed by atoms with van der Waals surface area (Å²) in [4.78, 5) is 14.4. The number of ether oxygens (including phenoxy) is 4. The highest BCUT2D eigenvalue weighted by Gasteiger charge is 2.32. The van der Waals surface area contributed by atoms with Crippen LogP contribution in [0.25, 0.3) is 0 Å². The minimum absolute atomic E-state index is 0. The zero-order valence-electron chi connectivity index (χ0n) is 21.3. The Morgan fingerprint density at radius 1 is 0.943 bits per heavy atom. The highest BCUT2D eigenvalue weighted by atomic mass is 35.5. The maximum Gasteiger partial charge on any atom is 0.306 e. The van der Waals surface area contributed by atoms with Gasteiger partial charge in [-0.3, -0.25) is 4.79 Å². The Kier molecular flexibility index (Phi) is 11.0. The number of benzene rings is 2. The first kappa shape index (κ1) is 28.6. The topological polar surface area (TPSA) is 77.5 Å². The standard InChI is InChI=1S/C27H37NO6.ClH/c1-28(12-10-18-6-9-23(31-2)24(14-18)32-3)13-11-22(27(29)30)20-8-7-19-16-25(33-4)26(34-5)17-21(19)15-20;/h6,9,14,16-17,20,22H,7-8,10-13,15H2,1-5H3,(H,29,30);1H. The molecule has 194 valence electrons. The van der Waals surface area contributed by atoms with Crippen LogP contribution in [-0.4, -0.2) is 64.6 Å². The fourth-order valence-electron chi connectivity index (χ4n) is 4.84. The van der Waals surface area contributed by atoms with Crippen LogP contribution in [0.5, 0.6) is 23.0 Å². The number of carboxylic acids is 1. The summed E-state index contributed by atoms with van der Waals surface area (Å²) in [5.41, 5.74) is 3.56. The van der Waals surface area contributed by atoms with E-state index in [1.807, 2.05) is 37.4 Å². The van der Waals surface area contributed by atoms with Gasteiger partial charge in [-0.15, -0.1) is 12.4 Å². The number of carbonyl (C=O) groups is 1. The molecule has 0 aromatic heterocycles. The Morgan fingerprint density at radius 3 is 2.14 bits per heavy atom. The van der Waals surface area contributed by atoms with Gasteiger partial charge in [0.25, 0.3) is 0 Å². The number of methoxy groups -OCH3 is 4. The molecule has 3 rings (SSSR count). The minimum atomic E-state index is -0.706. The summed E-state index contributed by atoms with van der Waals surface area (Å²) in [5.74, 6) is 1.90. The van der Waals surface area contributed by atoms with Gasteiger partial charge >= 0.3 is 5.97 Å². The number of fused-ring (bicyclic) bond motifs is 1. The second kappa shape index (κ2) is 13.4. The summed E-state index contributed by atoms with van der Waals surface area (Å²) in [7, 11) is 8.58. The number of aliphatic carboxylic acids is 1. The number of likely N-dealkylation sites (N-methyl/N-ethyl adjacent to an activating group) is 1. The molecule has 35 heavy (non-hydrogen) atoms. The number of halogens is 1. The average Bonchev–Trinajstić information content (AvgIpc) is 2.86. The van der Waals surface area contributed by atoms with E-state index in [9.17, 15) is 9.90 Å². The summed E-state index contributed by atoms with van der Waals surface area (Å²) < 4.78 is 21.6. The predicted molar refractivity (Wildman–Crippen MR) is 139 cm³/mol. The third-order valence-electron chi connectivity index (χ3n) is 6.91. The predicted octanol–water partition coefficient (Wildman–Crippen LogP) is 4.51. The van der Waals surface area contributed by atoms with Crippen molar-refractivity contribution in [1.82, 2.24) is 4.90 Å². The van der Waals surface area contributed by atoms with Gasteiger partial charge in [-0.2, -0.15) is 0 Å². The van der Waals surface area contributed by atoms with Crippen molar-refractivity contribution in [2.75, 3.05) is 48.6 Å². The molecule has 0 heterocycles. The molecule has 0 amide bonds. The fourth-order valence-corrected chi connectivity index (χ4v) is 4.84. The van der Waals surface area contributed by atoms with E-state index >= 15 is 0 Å². The van der Waals surface area contributed by atoms with Gasteiger partial charge in [0, 0.05) is 6.54 Å². The molecule has 1 N–H and O–H groups in total. The third kappa shape index (κ3) is 7.18. The second-order valence-corrected chi connectivity index (χ2v) is 8.95. The SMILES string of the molecule is COc1ccc(CCN(C)CCC(C(=O)O)C2CCc3cc(OC)c(OC)cc3C2)cc1OC.Cl. The van der Waals surface area contributed by atoms with Gasteiger partial charge in [-0.25, -0.2) is 0 Å². The Hall–Kier alpha value is -2.64. The van der Waals surface area contributed by atoms with E-state index in [1.165, 1.54) is 11.1 Å². The lowest BCUT2D eigenvalue weighted by atomic mass is 9.75. The largest absolute Gasteiger partial charge is 0.493 e. The fraction of sp³-hybridized carbons (Fsp3) is 0.519. The van der Waals surface area contributed by atoms with Crippen molar-refractivity contribution in [1.29, 1.82) is 0 Å². The molecule has 2 atom stereocenters. The molecule has 0 fully saturated rings. The maximum atomic E-state index is 12.2. The lowest BCUT2D eigenvalue weighted by Crippen LogP contribution is -2.32. The number of rotatable bonds is 12. The van der Waals surface area contributed by atoms with Crippen LogP contribution >= 0.6 is 12.4 Å². The first-order chi connectivity index (χ1) is 16.4. The van der Waals surface area contributed by atoms with Crippen LogP contribution in [0.2, 0.25) is 0 Å². The molecule has 0 aliphatic heterocycles. The third-order valence-corrected chi connectivity index (χ3v) is 6.91. The molecular formula is C27H38ClNO6. The van der Waals surface area contributed by atoms with E-state index in [0.717, 1.165) is 55.8 Å². The van der Waals surface area contributed by atoms with Crippen molar-refractivity contribution in [3.8, 4) is 23.0 Å². The van der Waals surface area contributed by atoms with Crippen molar-refractivity contribution in [2.45, 2.75) is 32.1 Å². The molecule has 2 unspecified atom stereocenters. The quantitative estimate of drug-likeness (QED) is 0.452. The zero-order chi connectivity index (χ0) is 24.7. The van der Waals surface area contributed by atoms with Crippen LogP contribution in [0.1, 0.15) is 29.5 Å². The van der Waals surface area contributed by atoms with Gasteiger partial charge in [0.2, 0.25) is 0 Å². The van der Waals surface area contributed by atoms with Gasteiger partial charge in [0.15, 0.2) is 23.0 Å². The number of hydrogen-bond acceptors (Lipinski definition) is 6. The highest BCUT2D eigenvalue weighted by molar-refractivity contribution is 5.85. The lowest BCUT2D eigenvalue weighted by molar-refractivity contribution is -0.144. The highest BCUT2D eigenvalue weighted by Crippen LogP contribution is 2.38. The summed E-state index contributed by atoms with van der Waals surface area (Å²) in [5, 5.41) is 10.00. The van der Waals surface area contributed by atoms with Crippen LogP contribution in [-0.2, 0) is 24.1 Å². The summed E-state index contributed by atoms with van der Waals surface area (Å²) >= 11 is 0. The number of carboxylic acid groups (broad SMARTS) is 1. The van der Waals surface area contributed by atoms with E-state index in [-0.39, 0.29) is 24.2 Å². The second-order valence-electron chi connectivity index (χ2n) is 8.95. The van der Waals surface area contributed by atoms with Crippen molar-refractivity contribution in [2.24, 2.45) is 11.8 Å². The molecule has 0 radical (unpaired) electrons. The maximum absolute atomic E-state index is 12.2. The minimum Gasteiger partial charge on any atom is -0.493 e. The van der Waals surface area contributed by atoms with Gasteiger partial charge < -0.3 is 29.0 Å². The van der Waals surface area contributed by atoms with E-state index in [2.05, 4.69) is 4.90 Å². The van der Waals surface area contributed by atoms with Crippen molar-refractivity contribution >= 4 is 18.4 Å². The molecule has 7 nitrogen and oxygen atoms in total. The van der Waals surface area contributed by atoms with Gasteiger partial charge in [0.1, 0.15) is 0 Å². The molecular weight excluding hydrogens is 470 g/mol. The Balaban J connectivity index is 0.00000432. The Morgan fingerprint density at radius 2 is 1.54 bits per heavy atom. The van der Waals surface area contributed by atoms with Crippen molar-refractivity contribution in [3.05, 3.63) is 47.0 Å². The van der Waals surface area contributed by atoms with Crippen molar-refractivity contribution in [3.63, 3.8) is 0 Å². The molecule has 0 bridgehead atoms. The molecule has 8 heteroatoms. The molecule has 0 spiro atoms. The smallest absolute Gasteiger partial charge is 0.306 e. The first-order valence-corrected chi connectivity index (χ1v) is 11.8. The summed E-state index contributed by atoms with van der Waals surface area (Å²) in [6, 6.07) is 9.99. The van der Waals surface area contributed by atoms with Crippen molar-refractivity contribution < 1.29 is 28.8 Å². The lowest BCUT2D eigenvalue weighted by Gasteiger charge is -2.31. The number of hydrogen-bond donors (Lipinski definition) is 1. The zero-order valence-corrected chi connectivity index (χ0v) is 22.2. The van der Waals surface area contributed by atoms with Crippen LogP contribution in [0, 0.1) is 11.8 Å². The molecule has 0 saturated carbocycles. The van der Waals surface area contributed by atoms with E-state index in [4.69, 9.17) is 18.9 Å². The monoisotopic (exact) mass is 507 g/mol. The number of nitrogens with zero attached hydrogens (tertiary/aromatic N) is 1. The first-order valence-electron chi connectivity index (χ1n) is 11.8. The normalized spacial score (nSPS) is 15.5. The molecule has 2 aromatic rings. The summed E-state index contributed by atoms with van der Waals surface area (Å²) in [6.45, 7) is 1.58. The van der Waals surface area contributed by atoms with Crippen LogP contribution in [0.15, 0.2) is 30.3 Å². The van der Waals surface area contributed by atoms with E-state index in [1.54, 1.807) is 28.4 Å².